The number of rotatable bonds is 7. The van der Waals surface area contributed by atoms with Crippen molar-refractivity contribution in [3.05, 3.63) is 62.6 Å². The number of benzene rings is 2. The molecule has 0 aliphatic heterocycles. The molecule has 5 nitrogen and oxygen atoms in total. The smallest absolute Gasteiger partial charge is 0.391 e. The molecule has 12 heteroatoms. The summed E-state index contributed by atoms with van der Waals surface area (Å²) in [6.45, 7) is 1.68. The van der Waals surface area contributed by atoms with Crippen LogP contribution in [0.2, 0.25) is 15.1 Å². The molecule has 0 saturated heterocycles. The van der Waals surface area contributed by atoms with Gasteiger partial charge in [-0.15, -0.1) is 0 Å². The topological polar surface area (TPSA) is 67.8 Å². The van der Waals surface area contributed by atoms with Crippen LogP contribution in [0.25, 0.3) is 0 Å². The molecule has 0 amide bonds. The molecule has 2 rings (SSSR count). The lowest BCUT2D eigenvalue weighted by Crippen LogP contribution is -2.30. The van der Waals surface area contributed by atoms with E-state index in [1.807, 2.05) is 0 Å². The molecule has 0 unspecified atom stereocenters. The van der Waals surface area contributed by atoms with Gasteiger partial charge in [-0.2, -0.15) is 21.6 Å². The van der Waals surface area contributed by atoms with Crippen LogP contribution in [0, 0.1) is 0 Å². The van der Waals surface area contributed by atoms with Gasteiger partial charge in [0.25, 0.3) is 0 Å². The highest BCUT2D eigenvalue weighted by atomic mass is 35.5. The van der Waals surface area contributed by atoms with E-state index in [9.17, 15) is 21.6 Å². The van der Waals surface area contributed by atoms with Gasteiger partial charge in [-0.3, -0.25) is 4.72 Å². The minimum Gasteiger partial charge on any atom is -0.391 e. The number of alkyl halides is 3. The zero-order valence-electron chi connectivity index (χ0n) is 14.7. The van der Waals surface area contributed by atoms with Crippen LogP contribution >= 0.6 is 34.8 Å². The van der Waals surface area contributed by atoms with Crippen LogP contribution in [-0.2, 0) is 21.5 Å². The summed E-state index contributed by atoms with van der Waals surface area (Å²) in [5.74, 6) is 0. The second-order valence-corrected chi connectivity index (χ2v) is 8.58. The van der Waals surface area contributed by atoms with Crippen molar-refractivity contribution >= 4 is 56.2 Å². The van der Waals surface area contributed by atoms with Crippen LogP contribution in [0.4, 0.5) is 18.9 Å². The summed E-state index contributed by atoms with van der Waals surface area (Å²) in [6, 6.07) is 8.48. The Morgan fingerprint density at radius 2 is 1.79 bits per heavy atom. The number of nitrogens with zero attached hydrogens (tertiary/aromatic N) is 1. The maximum absolute atomic E-state index is 12.7. The number of nitrogens with one attached hydrogen (secondary N) is 1. The number of anilines is 1. The maximum atomic E-state index is 12.7. The zero-order valence-corrected chi connectivity index (χ0v) is 17.8. The number of halogens is 6. The number of hydrogen-bond acceptors (Lipinski definition) is 4. The third kappa shape index (κ3) is 6.15. The molecular weight excluding hydrogens is 476 g/mol. The summed E-state index contributed by atoms with van der Waals surface area (Å²) < 4.78 is 62.6. The van der Waals surface area contributed by atoms with Gasteiger partial charge >= 0.3 is 15.5 Å². The van der Waals surface area contributed by atoms with Crippen LogP contribution < -0.4 is 4.72 Å². The second-order valence-electron chi connectivity index (χ2n) is 5.65. The molecule has 1 N–H and O–H groups in total. The highest BCUT2D eigenvalue weighted by Gasteiger charge is 2.46. The first-order valence-electron chi connectivity index (χ1n) is 7.96. The molecule has 2 aromatic carbocycles. The van der Waals surface area contributed by atoms with Gasteiger partial charge in [0.2, 0.25) is 0 Å². The first kappa shape index (κ1) is 23.6. The summed E-state index contributed by atoms with van der Waals surface area (Å²) in [4.78, 5) is 5.26. The summed E-state index contributed by atoms with van der Waals surface area (Å²) in [7, 11) is -5.62. The third-order valence-corrected chi connectivity index (χ3v) is 5.64. The van der Waals surface area contributed by atoms with Crippen LogP contribution in [0.5, 0.6) is 0 Å². The van der Waals surface area contributed by atoms with Gasteiger partial charge < -0.3 is 4.84 Å². The fourth-order valence-corrected chi connectivity index (χ4v) is 3.24. The third-order valence-electron chi connectivity index (χ3n) is 3.57. The number of oxime groups is 1. The Hall–Kier alpha value is -1.68. The molecule has 0 saturated carbocycles. The quantitative estimate of drug-likeness (QED) is 0.370. The Labute approximate surface area is 180 Å². The normalized spacial score (nSPS) is 12.7. The Kier molecular flexibility index (Phi) is 7.67. The largest absolute Gasteiger partial charge is 0.516 e. The summed E-state index contributed by atoms with van der Waals surface area (Å²) >= 11 is 17.7. The molecule has 0 spiro atoms. The number of sulfonamides is 1. The minimum atomic E-state index is -5.62. The van der Waals surface area contributed by atoms with Crippen molar-refractivity contribution in [2.75, 3.05) is 4.72 Å². The molecule has 0 aliphatic carbocycles. The van der Waals surface area contributed by atoms with Crippen molar-refractivity contribution in [2.45, 2.75) is 25.5 Å². The molecule has 158 valence electrons. The van der Waals surface area contributed by atoms with Gasteiger partial charge in [-0.05, 0) is 42.3 Å². The molecule has 0 bridgehead atoms. The second kappa shape index (κ2) is 9.42. The monoisotopic (exact) mass is 488 g/mol. The van der Waals surface area contributed by atoms with E-state index < -0.39 is 15.5 Å². The fourth-order valence-electron chi connectivity index (χ4n) is 2.17. The van der Waals surface area contributed by atoms with Gasteiger partial charge in [-0.1, -0.05) is 52.9 Å². The molecule has 0 fully saturated rings. The first-order valence-corrected chi connectivity index (χ1v) is 10.6. The van der Waals surface area contributed by atoms with E-state index in [4.69, 9.17) is 39.6 Å². The Morgan fingerprint density at radius 3 is 2.38 bits per heavy atom. The van der Waals surface area contributed by atoms with E-state index in [1.54, 1.807) is 25.1 Å². The van der Waals surface area contributed by atoms with Gasteiger partial charge in [-0.25, -0.2) is 0 Å². The highest BCUT2D eigenvalue weighted by Crippen LogP contribution is 2.29. The first-order chi connectivity index (χ1) is 13.4. The molecule has 0 aliphatic rings. The molecule has 2 aromatic rings. The van der Waals surface area contributed by atoms with Gasteiger partial charge in [0.15, 0.2) is 0 Å². The number of hydrogen-bond donors (Lipinski definition) is 1. The predicted octanol–water partition coefficient (Wildman–Crippen LogP) is 6.24. The standard InChI is InChI=1S/C17H14Cl3F3N2O3S/c1-2-15(24-28-9-10-3-5-13(19)14(20)7-10)12-8-11(18)4-6-16(12)25-29(26,27)17(21,22)23/h3-8,25H,2,9H2,1H3/b24-15+. The van der Waals surface area contributed by atoms with E-state index >= 15 is 0 Å². The lowest BCUT2D eigenvalue weighted by molar-refractivity contribution is -0.0429. The lowest BCUT2D eigenvalue weighted by atomic mass is 10.1. The van der Waals surface area contributed by atoms with E-state index in [-0.39, 0.29) is 35.0 Å². The molecular formula is C17H14Cl3F3N2O3S. The Bertz CT molecular complexity index is 1030. The molecule has 0 heterocycles. The average molecular weight is 490 g/mol. The summed E-state index contributed by atoms with van der Waals surface area (Å²) in [5.41, 5.74) is -4.90. The fraction of sp³-hybridized carbons (Fsp3) is 0.235. The lowest BCUT2D eigenvalue weighted by Gasteiger charge is -2.15. The van der Waals surface area contributed by atoms with Crippen molar-refractivity contribution in [3.63, 3.8) is 0 Å². The van der Waals surface area contributed by atoms with Crippen molar-refractivity contribution in [1.82, 2.24) is 0 Å². The van der Waals surface area contributed by atoms with Crippen molar-refractivity contribution in [3.8, 4) is 0 Å². The van der Waals surface area contributed by atoms with Crippen LogP contribution in [-0.4, -0.2) is 19.6 Å². The van der Waals surface area contributed by atoms with E-state index in [2.05, 4.69) is 5.16 Å². The van der Waals surface area contributed by atoms with E-state index in [0.717, 1.165) is 6.07 Å². The van der Waals surface area contributed by atoms with Gasteiger partial charge in [0.05, 0.1) is 21.4 Å². The van der Waals surface area contributed by atoms with Crippen LogP contribution in [0.15, 0.2) is 41.6 Å². The van der Waals surface area contributed by atoms with Crippen LogP contribution in [0.1, 0.15) is 24.5 Å². The minimum absolute atomic E-state index is 0.00453. The average Bonchev–Trinajstić information content (AvgIpc) is 2.62. The van der Waals surface area contributed by atoms with E-state index in [1.165, 1.54) is 16.9 Å². The molecule has 0 aromatic heterocycles. The Balaban J connectivity index is 2.30. The molecule has 0 radical (unpaired) electrons. The molecule has 29 heavy (non-hydrogen) atoms. The van der Waals surface area contributed by atoms with Gasteiger partial charge in [0, 0.05) is 10.6 Å². The summed E-state index contributed by atoms with van der Waals surface area (Å²) in [6.07, 6.45) is 0.225. The van der Waals surface area contributed by atoms with Crippen LogP contribution in [0.3, 0.4) is 0 Å². The van der Waals surface area contributed by atoms with Crippen molar-refractivity contribution in [2.24, 2.45) is 5.16 Å². The predicted molar refractivity (Wildman–Crippen MR) is 108 cm³/mol. The zero-order chi connectivity index (χ0) is 21.8. The summed E-state index contributed by atoms with van der Waals surface area (Å²) in [5, 5.41) is 4.80. The SMILES string of the molecule is CC/C(=N\OCc1ccc(Cl)c(Cl)c1)c1cc(Cl)ccc1NS(=O)(=O)C(F)(F)F. The Morgan fingerprint density at radius 1 is 1.10 bits per heavy atom. The van der Waals surface area contributed by atoms with Crippen molar-refractivity contribution in [1.29, 1.82) is 0 Å². The van der Waals surface area contributed by atoms with E-state index in [0.29, 0.717) is 15.6 Å². The molecule has 0 atom stereocenters. The van der Waals surface area contributed by atoms with Gasteiger partial charge in [0.1, 0.15) is 6.61 Å². The highest BCUT2D eigenvalue weighted by molar-refractivity contribution is 7.93. The maximum Gasteiger partial charge on any atom is 0.516 e. The van der Waals surface area contributed by atoms with Crippen molar-refractivity contribution < 1.29 is 26.4 Å².